The summed E-state index contributed by atoms with van der Waals surface area (Å²) in [6.07, 6.45) is 6.22. The highest BCUT2D eigenvalue weighted by molar-refractivity contribution is 6.13. The highest BCUT2D eigenvalue weighted by Crippen LogP contribution is 2.28. The van der Waals surface area contributed by atoms with Crippen molar-refractivity contribution < 1.29 is 4.79 Å². The number of ketones is 1. The molecule has 0 saturated heterocycles. The van der Waals surface area contributed by atoms with Gasteiger partial charge in [-0.1, -0.05) is 41.5 Å². The van der Waals surface area contributed by atoms with Crippen LogP contribution < -0.4 is 4.91 Å². The fourth-order valence-electron chi connectivity index (χ4n) is 2.96. The SMILES string of the molecule is [N-]=[N+]=Nc1ccc(/C=C2\CCC/C(=C\c3ccc(N=[N+]=N)cc3)C2=O)cc1. The van der Waals surface area contributed by atoms with Gasteiger partial charge >= 0.3 is 0 Å². The molecule has 0 radical (unpaired) electrons. The number of allylic oxidation sites excluding steroid dienone is 2. The van der Waals surface area contributed by atoms with E-state index >= 15 is 0 Å². The van der Waals surface area contributed by atoms with Gasteiger partial charge < -0.3 is 0 Å². The summed E-state index contributed by atoms with van der Waals surface area (Å²) in [5, 5.41) is 7.20. The fraction of sp³-hybridized carbons (Fsp3) is 0.150. The Morgan fingerprint density at radius 1 is 0.852 bits per heavy atom. The van der Waals surface area contributed by atoms with E-state index in [1.54, 1.807) is 24.3 Å². The average molecular weight is 357 g/mol. The third kappa shape index (κ3) is 4.64. The van der Waals surface area contributed by atoms with Crippen molar-refractivity contribution in [2.75, 3.05) is 0 Å². The van der Waals surface area contributed by atoms with E-state index in [9.17, 15) is 4.79 Å². The van der Waals surface area contributed by atoms with Crippen LogP contribution in [0, 0.1) is 5.53 Å². The Morgan fingerprint density at radius 3 is 1.78 bits per heavy atom. The summed E-state index contributed by atoms with van der Waals surface area (Å²) in [4.78, 5) is 18.6. The van der Waals surface area contributed by atoms with Crippen LogP contribution in [0.25, 0.3) is 22.6 Å². The first kappa shape index (κ1) is 18.0. The van der Waals surface area contributed by atoms with Crippen LogP contribution >= 0.6 is 0 Å². The molecule has 0 heterocycles. The number of carbonyl (C=O) groups is 1. The van der Waals surface area contributed by atoms with Crippen LogP contribution in [0.15, 0.2) is 69.9 Å². The molecule has 27 heavy (non-hydrogen) atoms. The van der Waals surface area contributed by atoms with Crippen molar-refractivity contribution in [2.24, 2.45) is 10.2 Å². The maximum Gasteiger partial charge on any atom is 0.220 e. The summed E-state index contributed by atoms with van der Waals surface area (Å²) >= 11 is 0. The topological polar surface area (TPSA) is 116 Å². The molecule has 1 saturated carbocycles. The second kappa shape index (κ2) is 8.54. The van der Waals surface area contributed by atoms with Gasteiger partial charge in [-0.3, -0.25) is 4.79 Å². The molecular formula is C20H17N6O+. The van der Waals surface area contributed by atoms with Crippen molar-refractivity contribution in [1.82, 2.24) is 4.91 Å². The van der Waals surface area contributed by atoms with Crippen LogP contribution in [0.4, 0.5) is 11.4 Å². The van der Waals surface area contributed by atoms with Crippen molar-refractivity contribution >= 4 is 29.3 Å². The Morgan fingerprint density at radius 2 is 1.33 bits per heavy atom. The highest BCUT2D eigenvalue weighted by Gasteiger charge is 2.20. The summed E-state index contributed by atoms with van der Waals surface area (Å²) in [6.45, 7) is 0. The van der Waals surface area contributed by atoms with Gasteiger partial charge in [0.2, 0.25) is 4.91 Å². The standard InChI is InChI=1S/C20H17N6O/c21-25-23-18-8-4-14(5-9-18)12-16-2-1-3-17(20(16)27)13-15-6-10-19(11-7-15)24-26-22/h4-13,21H,1-3H2/q+1/b16-12+,17-13+. The highest BCUT2D eigenvalue weighted by atomic mass is 16.1. The lowest BCUT2D eigenvalue weighted by Crippen LogP contribution is -2.12. The quantitative estimate of drug-likeness (QED) is 0.306. The van der Waals surface area contributed by atoms with Gasteiger partial charge in [0.15, 0.2) is 16.6 Å². The van der Waals surface area contributed by atoms with E-state index in [-0.39, 0.29) is 5.78 Å². The molecule has 1 aliphatic carbocycles. The van der Waals surface area contributed by atoms with Gasteiger partial charge in [-0.2, -0.15) is 0 Å². The third-order valence-electron chi connectivity index (χ3n) is 4.27. The molecule has 0 bridgehead atoms. The molecule has 7 heteroatoms. The first-order valence-corrected chi connectivity index (χ1v) is 8.48. The minimum Gasteiger partial charge on any atom is -0.289 e. The summed E-state index contributed by atoms with van der Waals surface area (Å²) < 4.78 is 0. The molecule has 2 aromatic rings. The zero-order valence-corrected chi connectivity index (χ0v) is 14.5. The molecule has 7 nitrogen and oxygen atoms in total. The number of Topliss-reactive ketones (excluding diaryl/α,β-unsaturated/α-hetero) is 1. The van der Waals surface area contributed by atoms with E-state index in [0.29, 0.717) is 11.4 Å². The minimum atomic E-state index is 0.0651. The number of carbonyl (C=O) groups excluding carboxylic acids is 1. The predicted octanol–water partition coefficient (Wildman–Crippen LogP) is 6.03. The third-order valence-corrected chi connectivity index (χ3v) is 4.27. The van der Waals surface area contributed by atoms with Crippen LogP contribution in [0.5, 0.6) is 0 Å². The Hall–Kier alpha value is -3.79. The van der Waals surface area contributed by atoms with Gasteiger partial charge in [0, 0.05) is 21.7 Å². The number of nitrogens with one attached hydrogen (secondary N) is 1. The molecule has 0 atom stereocenters. The molecule has 3 rings (SSSR count). The fourth-order valence-corrected chi connectivity index (χ4v) is 2.96. The molecule has 0 aromatic heterocycles. The number of rotatable bonds is 4. The first-order chi connectivity index (χ1) is 13.2. The van der Waals surface area contributed by atoms with Gasteiger partial charge in [0.1, 0.15) is 5.53 Å². The van der Waals surface area contributed by atoms with Gasteiger partial charge in [-0.25, -0.2) is 0 Å². The van der Waals surface area contributed by atoms with E-state index in [0.717, 1.165) is 41.5 Å². The van der Waals surface area contributed by atoms with Crippen molar-refractivity contribution in [2.45, 2.75) is 19.3 Å². The molecule has 0 amide bonds. The lowest BCUT2D eigenvalue weighted by atomic mass is 9.87. The second-order valence-electron chi connectivity index (χ2n) is 6.09. The Labute approximate surface area is 155 Å². The van der Waals surface area contributed by atoms with Gasteiger partial charge in [0.25, 0.3) is 0 Å². The predicted molar refractivity (Wildman–Crippen MR) is 103 cm³/mol. The summed E-state index contributed by atoms with van der Waals surface area (Å²) in [6, 6.07) is 14.4. The van der Waals surface area contributed by atoms with Crippen molar-refractivity contribution in [1.29, 1.82) is 5.53 Å². The van der Waals surface area contributed by atoms with Crippen molar-refractivity contribution in [3.63, 3.8) is 0 Å². The molecule has 0 spiro atoms. The zero-order chi connectivity index (χ0) is 19.1. The maximum absolute atomic E-state index is 12.8. The summed E-state index contributed by atoms with van der Waals surface area (Å²) in [5.41, 5.74) is 19.7. The molecule has 0 unspecified atom stereocenters. The van der Waals surface area contributed by atoms with Gasteiger partial charge in [-0.05, 0) is 60.2 Å². The van der Waals surface area contributed by atoms with Crippen LogP contribution in [-0.2, 0) is 4.79 Å². The first-order valence-electron chi connectivity index (χ1n) is 8.48. The van der Waals surface area contributed by atoms with Crippen molar-refractivity contribution in [3.05, 3.63) is 81.2 Å². The van der Waals surface area contributed by atoms with Gasteiger partial charge in [0.05, 0.1) is 0 Å². The zero-order valence-electron chi connectivity index (χ0n) is 14.5. The molecule has 1 N–H and O–H groups in total. The molecule has 1 aliphatic rings. The van der Waals surface area contributed by atoms with E-state index in [1.165, 1.54) is 0 Å². The summed E-state index contributed by atoms with van der Waals surface area (Å²) in [5.74, 6) is 0.0651. The number of azide groups is 1. The van der Waals surface area contributed by atoms with Crippen LogP contribution in [-0.4, -0.2) is 5.78 Å². The number of nitrogens with zero attached hydrogens (tertiary/aromatic N) is 5. The van der Waals surface area contributed by atoms with E-state index in [1.807, 2.05) is 36.4 Å². The average Bonchev–Trinajstić information content (AvgIpc) is 2.68. The smallest absolute Gasteiger partial charge is 0.220 e. The van der Waals surface area contributed by atoms with Crippen LogP contribution in [0.1, 0.15) is 30.4 Å². The number of benzene rings is 2. The van der Waals surface area contributed by atoms with E-state index in [4.69, 9.17) is 11.1 Å². The normalized spacial score (nSPS) is 16.7. The molecule has 1 fully saturated rings. The van der Waals surface area contributed by atoms with E-state index in [2.05, 4.69) is 20.1 Å². The van der Waals surface area contributed by atoms with Gasteiger partial charge in [-0.15, -0.1) is 0 Å². The lowest BCUT2D eigenvalue weighted by Gasteiger charge is -2.16. The molecule has 132 valence electrons. The monoisotopic (exact) mass is 357 g/mol. The largest absolute Gasteiger partial charge is 0.289 e. The number of hydrogen-bond acceptors (Lipinski definition) is 4. The second-order valence-corrected chi connectivity index (χ2v) is 6.09. The maximum atomic E-state index is 12.8. The number of hydrogen-bond donors (Lipinski definition) is 1. The Kier molecular flexibility index (Phi) is 5.70. The lowest BCUT2D eigenvalue weighted by molar-refractivity contribution is -0.112. The Balaban J connectivity index is 1.82. The summed E-state index contributed by atoms with van der Waals surface area (Å²) in [7, 11) is 0. The van der Waals surface area contributed by atoms with Crippen LogP contribution in [0.3, 0.4) is 0 Å². The van der Waals surface area contributed by atoms with Crippen LogP contribution in [0.2, 0.25) is 0 Å². The van der Waals surface area contributed by atoms with Crippen molar-refractivity contribution in [3.8, 4) is 0 Å². The van der Waals surface area contributed by atoms with E-state index < -0.39 is 0 Å². The Bertz CT molecular complexity index is 924. The molecule has 0 aliphatic heterocycles. The minimum absolute atomic E-state index is 0.0651. The molecule has 2 aromatic carbocycles. The molecular weight excluding hydrogens is 340 g/mol.